The first-order chi connectivity index (χ1) is 10.5. The molecule has 0 N–H and O–H groups in total. The van der Waals surface area contributed by atoms with Crippen LogP contribution in [0.1, 0.15) is 25.0 Å². The minimum Gasteiger partial charge on any atom is -0.349 e. The van der Waals surface area contributed by atoms with Crippen LogP contribution < -0.4 is 0 Å². The van der Waals surface area contributed by atoms with Crippen LogP contribution in [0.3, 0.4) is 0 Å². The zero-order valence-electron chi connectivity index (χ0n) is 12.5. The minimum atomic E-state index is -1.16. The Balaban J connectivity index is 2.53. The van der Waals surface area contributed by atoms with Crippen molar-refractivity contribution < 1.29 is 9.53 Å². The van der Waals surface area contributed by atoms with Gasteiger partial charge in [0.1, 0.15) is 0 Å². The summed E-state index contributed by atoms with van der Waals surface area (Å²) in [5.74, 6) is -0.681. The van der Waals surface area contributed by atoms with Crippen LogP contribution in [0.5, 0.6) is 0 Å². The molecule has 4 nitrogen and oxygen atoms in total. The molecule has 2 rings (SSSR count). The Morgan fingerprint density at radius 2 is 1.45 bits per heavy atom. The third kappa shape index (κ3) is 3.58. The van der Waals surface area contributed by atoms with Crippen molar-refractivity contribution in [2.24, 2.45) is 4.99 Å². The van der Waals surface area contributed by atoms with Gasteiger partial charge in [-0.05, 0) is 13.8 Å². The number of ether oxygens (including phenoxy) is 1. The van der Waals surface area contributed by atoms with Gasteiger partial charge in [0, 0.05) is 11.1 Å². The van der Waals surface area contributed by atoms with Gasteiger partial charge in [-0.3, -0.25) is 4.99 Å². The smallest absolute Gasteiger partial charge is 0.348 e. The molecule has 110 valence electrons. The molecule has 0 heterocycles. The fraction of sp³-hybridized carbons (Fsp3) is 0.167. The summed E-state index contributed by atoms with van der Waals surface area (Å²) in [6.45, 7) is 3.25. The third-order valence-corrected chi connectivity index (χ3v) is 3.12. The van der Waals surface area contributed by atoms with E-state index in [1.165, 1.54) is 6.26 Å². The Hall–Kier alpha value is -2.93. The summed E-state index contributed by atoms with van der Waals surface area (Å²) in [6, 6.07) is 19.2. The van der Waals surface area contributed by atoms with Gasteiger partial charge >= 0.3 is 5.97 Å². The Labute approximate surface area is 129 Å². The van der Waals surface area contributed by atoms with Gasteiger partial charge in [-0.2, -0.15) is 0 Å². The highest BCUT2D eigenvalue weighted by Crippen LogP contribution is 2.18. The summed E-state index contributed by atoms with van der Waals surface area (Å²) < 4.78 is 4.44. The number of benzene rings is 2. The highest BCUT2D eigenvalue weighted by molar-refractivity contribution is 6.13. The molecule has 4 heteroatoms. The van der Waals surface area contributed by atoms with Gasteiger partial charge in [0.15, 0.2) is 5.54 Å². The Morgan fingerprint density at radius 3 is 1.86 bits per heavy atom. The number of nitrogens with zero attached hydrogens (tertiary/aromatic N) is 2. The van der Waals surface area contributed by atoms with Crippen LogP contribution in [0.4, 0.5) is 0 Å². The van der Waals surface area contributed by atoms with E-state index < -0.39 is 11.5 Å². The van der Waals surface area contributed by atoms with Crippen molar-refractivity contribution in [2.75, 3.05) is 0 Å². The molecule has 0 fully saturated rings. The van der Waals surface area contributed by atoms with Gasteiger partial charge in [0.25, 0.3) is 6.26 Å². The van der Waals surface area contributed by atoms with Crippen molar-refractivity contribution in [1.29, 1.82) is 5.26 Å². The number of nitriles is 1. The van der Waals surface area contributed by atoms with Crippen molar-refractivity contribution in [1.82, 2.24) is 0 Å². The van der Waals surface area contributed by atoms with Crippen LogP contribution in [-0.4, -0.2) is 17.2 Å². The lowest BCUT2D eigenvalue weighted by molar-refractivity contribution is -0.141. The Kier molecular flexibility index (Phi) is 4.70. The zero-order valence-corrected chi connectivity index (χ0v) is 12.5. The normalized spacial score (nSPS) is 10.4. The molecule has 0 atom stereocenters. The molecule has 0 saturated heterocycles. The van der Waals surface area contributed by atoms with E-state index in [0.717, 1.165) is 11.1 Å². The van der Waals surface area contributed by atoms with Crippen LogP contribution in [0.25, 0.3) is 0 Å². The van der Waals surface area contributed by atoms with E-state index in [1.807, 2.05) is 60.7 Å². The number of aliphatic imine (C=N–C) groups is 1. The molecule has 0 aliphatic rings. The topological polar surface area (TPSA) is 62.4 Å². The SMILES string of the molecule is CC(C)(N=C(c1ccccc1)c1ccccc1)C(=O)OC#N. The molecule has 2 aromatic rings. The van der Waals surface area contributed by atoms with Crippen molar-refractivity contribution in [2.45, 2.75) is 19.4 Å². The summed E-state index contributed by atoms with van der Waals surface area (Å²) in [5.41, 5.74) is 1.32. The number of hydrogen-bond donors (Lipinski definition) is 0. The summed E-state index contributed by atoms with van der Waals surface area (Å²) in [4.78, 5) is 16.5. The fourth-order valence-electron chi connectivity index (χ4n) is 1.98. The van der Waals surface area contributed by atoms with Crippen LogP contribution in [0.2, 0.25) is 0 Å². The highest BCUT2D eigenvalue weighted by Gasteiger charge is 2.30. The maximum atomic E-state index is 11.9. The predicted molar refractivity (Wildman–Crippen MR) is 84.3 cm³/mol. The fourth-order valence-corrected chi connectivity index (χ4v) is 1.98. The summed E-state index contributed by atoms with van der Waals surface area (Å²) in [7, 11) is 0. The molecule has 0 amide bonds. The van der Waals surface area contributed by atoms with Crippen molar-refractivity contribution >= 4 is 11.7 Å². The molecule has 22 heavy (non-hydrogen) atoms. The molecule has 0 radical (unpaired) electrons. The number of carbonyl (C=O) groups is 1. The maximum Gasteiger partial charge on any atom is 0.348 e. The summed E-state index contributed by atoms with van der Waals surface area (Å²) >= 11 is 0. The maximum absolute atomic E-state index is 11.9. The first-order valence-corrected chi connectivity index (χ1v) is 6.85. The summed E-state index contributed by atoms with van der Waals surface area (Å²) in [6.07, 6.45) is 1.41. The quantitative estimate of drug-likeness (QED) is 0.493. The number of hydrogen-bond acceptors (Lipinski definition) is 4. The lowest BCUT2D eigenvalue weighted by atomic mass is 9.99. The lowest BCUT2D eigenvalue weighted by Gasteiger charge is -2.18. The van der Waals surface area contributed by atoms with Crippen LogP contribution >= 0.6 is 0 Å². The molecule has 0 bridgehead atoms. The Bertz CT molecular complexity index is 672. The van der Waals surface area contributed by atoms with Crippen molar-refractivity contribution in [3.8, 4) is 6.26 Å². The van der Waals surface area contributed by atoms with E-state index in [4.69, 9.17) is 5.26 Å². The van der Waals surface area contributed by atoms with Crippen LogP contribution in [0.15, 0.2) is 65.7 Å². The molecule has 0 aliphatic carbocycles. The van der Waals surface area contributed by atoms with Crippen LogP contribution in [0, 0.1) is 11.5 Å². The largest absolute Gasteiger partial charge is 0.349 e. The number of rotatable bonds is 4. The highest BCUT2D eigenvalue weighted by atomic mass is 16.5. The van der Waals surface area contributed by atoms with Crippen molar-refractivity contribution in [3.05, 3.63) is 71.8 Å². The van der Waals surface area contributed by atoms with E-state index >= 15 is 0 Å². The second kappa shape index (κ2) is 6.68. The van der Waals surface area contributed by atoms with E-state index in [9.17, 15) is 4.79 Å². The first-order valence-electron chi connectivity index (χ1n) is 6.85. The van der Waals surface area contributed by atoms with E-state index in [0.29, 0.717) is 5.71 Å². The standard InChI is InChI=1S/C18H16N2O2/c1-18(2,17(21)22-13-19)20-16(14-9-5-3-6-10-14)15-11-7-4-8-12-15/h3-12H,1-2H3. The molecule has 0 unspecified atom stereocenters. The average molecular weight is 292 g/mol. The van der Waals surface area contributed by atoms with Crippen LogP contribution in [-0.2, 0) is 9.53 Å². The second-order valence-corrected chi connectivity index (χ2v) is 5.23. The van der Waals surface area contributed by atoms with E-state index in [2.05, 4.69) is 9.73 Å². The zero-order chi connectivity index (χ0) is 16.0. The first kappa shape index (κ1) is 15.5. The van der Waals surface area contributed by atoms with E-state index in [-0.39, 0.29) is 0 Å². The summed E-state index contributed by atoms with van der Waals surface area (Å²) in [5, 5.41) is 8.53. The number of esters is 1. The lowest BCUT2D eigenvalue weighted by Crippen LogP contribution is -2.32. The van der Waals surface area contributed by atoms with Crippen molar-refractivity contribution in [3.63, 3.8) is 0 Å². The van der Waals surface area contributed by atoms with Gasteiger partial charge in [-0.15, -0.1) is 5.26 Å². The molecule has 0 spiro atoms. The van der Waals surface area contributed by atoms with Gasteiger partial charge in [-0.25, -0.2) is 4.79 Å². The van der Waals surface area contributed by atoms with Gasteiger partial charge in [0.2, 0.25) is 0 Å². The van der Waals surface area contributed by atoms with E-state index in [1.54, 1.807) is 13.8 Å². The number of carbonyl (C=O) groups excluding carboxylic acids is 1. The second-order valence-electron chi connectivity index (χ2n) is 5.23. The molecular formula is C18H16N2O2. The third-order valence-electron chi connectivity index (χ3n) is 3.12. The minimum absolute atomic E-state index is 0.681. The van der Waals surface area contributed by atoms with Gasteiger partial charge in [-0.1, -0.05) is 60.7 Å². The molecule has 0 aliphatic heterocycles. The molecule has 2 aromatic carbocycles. The average Bonchev–Trinajstić information content (AvgIpc) is 2.54. The Morgan fingerprint density at radius 1 is 1.00 bits per heavy atom. The molecule has 0 aromatic heterocycles. The molecular weight excluding hydrogens is 276 g/mol. The van der Waals surface area contributed by atoms with Gasteiger partial charge < -0.3 is 4.74 Å². The molecule has 0 saturated carbocycles. The monoisotopic (exact) mass is 292 g/mol. The van der Waals surface area contributed by atoms with Gasteiger partial charge in [0.05, 0.1) is 5.71 Å². The predicted octanol–water partition coefficient (Wildman–Crippen LogP) is 3.33.